The van der Waals surface area contributed by atoms with E-state index in [-0.39, 0.29) is 11.4 Å². The Hall–Kier alpha value is -1.21. The number of rotatable bonds is 4. The van der Waals surface area contributed by atoms with Crippen LogP contribution in [-0.4, -0.2) is 25.5 Å². The second-order valence-corrected chi connectivity index (χ2v) is 7.63. The molecule has 0 radical (unpaired) electrons. The van der Waals surface area contributed by atoms with Crippen molar-refractivity contribution in [3.8, 4) is 0 Å². The summed E-state index contributed by atoms with van der Waals surface area (Å²) in [6, 6.07) is 6.81. The summed E-state index contributed by atoms with van der Waals surface area (Å²) in [5, 5.41) is 1.02. The number of para-hydroxylation sites is 1. The minimum Gasteiger partial charge on any atom is -0.329 e. The molecule has 7 heteroatoms. The number of fused-ring (bicyclic) bond motifs is 1. The van der Waals surface area contributed by atoms with Gasteiger partial charge in [-0.05, 0) is 38.5 Å². The number of sulfonamides is 1. The molecule has 0 saturated carbocycles. The molecule has 0 fully saturated rings. The summed E-state index contributed by atoms with van der Waals surface area (Å²) in [7, 11) is -3.74. The first-order valence-electron chi connectivity index (χ1n) is 6.46. The molecule has 1 aromatic carbocycles. The maximum atomic E-state index is 12.6. The quantitative estimate of drug-likeness (QED) is 0.843. The van der Waals surface area contributed by atoms with E-state index in [1.165, 1.54) is 6.07 Å². The predicted molar refractivity (Wildman–Crippen MR) is 84.9 cm³/mol. The highest BCUT2D eigenvalue weighted by Crippen LogP contribution is 2.26. The lowest BCUT2D eigenvalue weighted by atomic mass is 10.1. The Balaban J connectivity index is 2.64. The van der Waals surface area contributed by atoms with Crippen molar-refractivity contribution in [1.82, 2.24) is 9.71 Å². The molecule has 0 saturated heterocycles. The topological polar surface area (TPSA) is 85.1 Å². The lowest BCUT2D eigenvalue weighted by Crippen LogP contribution is -2.48. The van der Waals surface area contributed by atoms with Gasteiger partial charge in [0.2, 0.25) is 10.0 Å². The van der Waals surface area contributed by atoms with Gasteiger partial charge in [0.15, 0.2) is 0 Å². The Morgan fingerprint density at radius 1 is 1.38 bits per heavy atom. The Kier molecular flexibility index (Phi) is 4.26. The summed E-state index contributed by atoms with van der Waals surface area (Å²) in [5.74, 6) is 0. The molecule has 0 amide bonds. The van der Waals surface area contributed by atoms with Crippen molar-refractivity contribution in [2.45, 2.75) is 31.2 Å². The van der Waals surface area contributed by atoms with Crippen molar-refractivity contribution in [3.05, 3.63) is 35.0 Å². The summed E-state index contributed by atoms with van der Waals surface area (Å²) in [4.78, 5) is 4.31. The van der Waals surface area contributed by atoms with Crippen LogP contribution in [0.3, 0.4) is 0 Å². The van der Waals surface area contributed by atoms with Crippen LogP contribution in [0.15, 0.2) is 29.2 Å². The number of hydrogen-bond donors (Lipinski definition) is 2. The van der Waals surface area contributed by atoms with Crippen LogP contribution in [0.4, 0.5) is 0 Å². The largest absolute Gasteiger partial charge is 0.329 e. The molecular weight excluding hydrogens is 310 g/mol. The molecule has 1 heterocycles. The van der Waals surface area contributed by atoms with Gasteiger partial charge >= 0.3 is 0 Å². The molecule has 1 aromatic heterocycles. The van der Waals surface area contributed by atoms with Crippen LogP contribution in [0.2, 0.25) is 5.15 Å². The predicted octanol–water partition coefficient (Wildman–Crippen LogP) is 2.21. The summed E-state index contributed by atoms with van der Waals surface area (Å²) in [6.07, 6.45) is 0. The summed E-state index contributed by atoms with van der Waals surface area (Å²) in [6.45, 7) is 5.45. The fraction of sp³-hybridized carbons (Fsp3) is 0.357. The first-order chi connectivity index (χ1) is 9.66. The van der Waals surface area contributed by atoms with E-state index in [9.17, 15) is 8.42 Å². The number of benzene rings is 1. The molecule has 0 spiro atoms. The van der Waals surface area contributed by atoms with E-state index in [1.54, 1.807) is 26.0 Å². The summed E-state index contributed by atoms with van der Waals surface area (Å²) < 4.78 is 27.7. The zero-order valence-corrected chi connectivity index (χ0v) is 13.7. The molecule has 21 heavy (non-hydrogen) atoms. The van der Waals surface area contributed by atoms with Crippen molar-refractivity contribution in [2.24, 2.45) is 5.73 Å². The minimum atomic E-state index is -3.74. The van der Waals surface area contributed by atoms with E-state index in [4.69, 9.17) is 17.3 Å². The number of aryl methyl sites for hydroxylation is 1. The van der Waals surface area contributed by atoms with Gasteiger partial charge in [-0.2, -0.15) is 0 Å². The molecular formula is C14H18ClN3O2S. The fourth-order valence-corrected chi connectivity index (χ4v) is 3.67. The third kappa shape index (κ3) is 3.35. The van der Waals surface area contributed by atoms with Gasteiger partial charge in [0.25, 0.3) is 0 Å². The first kappa shape index (κ1) is 16.2. The maximum absolute atomic E-state index is 12.6. The fourth-order valence-electron chi connectivity index (χ4n) is 1.93. The van der Waals surface area contributed by atoms with Crippen LogP contribution in [-0.2, 0) is 10.0 Å². The van der Waals surface area contributed by atoms with Gasteiger partial charge in [0.1, 0.15) is 10.0 Å². The van der Waals surface area contributed by atoms with E-state index in [0.717, 1.165) is 10.9 Å². The molecule has 0 unspecified atom stereocenters. The SMILES string of the molecule is Cc1cc2cccc(S(=O)(=O)NC(C)(C)CN)c2nc1Cl. The number of halogens is 1. The van der Waals surface area contributed by atoms with Gasteiger partial charge in [-0.3, -0.25) is 0 Å². The third-order valence-electron chi connectivity index (χ3n) is 3.15. The van der Waals surface area contributed by atoms with Gasteiger partial charge in [-0.1, -0.05) is 23.7 Å². The van der Waals surface area contributed by atoms with Crippen LogP contribution in [0.25, 0.3) is 10.9 Å². The van der Waals surface area contributed by atoms with Gasteiger partial charge in [-0.25, -0.2) is 18.1 Å². The highest BCUT2D eigenvalue weighted by molar-refractivity contribution is 7.89. The number of nitrogens with one attached hydrogen (secondary N) is 1. The molecule has 0 aliphatic heterocycles. The van der Waals surface area contributed by atoms with Gasteiger partial charge < -0.3 is 5.73 Å². The number of hydrogen-bond acceptors (Lipinski definition) is 4. The van der Waals surface area contributed by atoms with Crippen LogP contribution in [0.5, 0.6) is 0 Å². The smallest absolute Gasteiger partial charge is 0.243 e. The second kappa shape index (κ2) is 5.53. The number of aromatic nitrogens is 1. The zero-order valence-electron chi connectivity index (χ0n) is 12.1. The Morgan fingerprint density at radius 3 is 2.67 bits per heavy atom. The normalized spacial score (nSPS) is 12.8. The average molecular weight is 328 g/mol. The standard InChI is InChI=1S/C14H18ClN3O2S/c1-9-7-10-5-4-6-11(12(10)17-13(9)15)21(19,20)18-14(2,3)8-16/h4-7,18H,8,16H2,1-3H3. The Labute approximate surface area is 129 Å². The van der Waals surface area contributed by atoms with Crippen molar-refractivity contribution in [1.29, 1.82) is 0 Å². The summed E-state index contributed by atoms with van der Waals surface area (Å²) >= 11 is 6.02. The highest BCUT2D eigenvalue weighted by Gasteiger charge is 2.26. The molecule has 0 atom stereocenters. The van der Waals surface area contributed by atoms with Crippen molar-refractivity contribution in [3.63, 3.8) is 0 Å². The molecule has 0 bridgehead atoms. The van der Waals surface area contributed by atoms with E-state index in [2.05, 4.69) is 9.71 Å². The monoisotopic (exact) mass is 327 g/mol. The Morgan fingerprint density at radius 2 is 2.05 bits per heavy atom. The molecule has 2 rings (SSSR count). The molecule has 0 aliphatic carbocycles. The van der Waals surface area contributed by atoms with Crippen molar-refractivity contribution < 1.29 is 8.42 Å². The lowest BCUT2D eigenvalue weighted by Gasteiger charge is -2.24. The molecule has 5 nitrogen and oxygen atoms in total. The maximum Gasteiger partial charge on any atom is 0.243 e. The van der Waals surface area contributed by atoms with Gasteiger partial charge in [0, 0.05) is 17.5 Å². The molecule has 114 valence electrons. The van der Waals surface area contributed by atoms with E-state index < -0.39 is 15.6 Å². The average Bonchev–Trinajstić information content (AvgIpc) is 2.38. The minimum absolute atomic E-state index is 0.100. The Bertz CT molecular complexity index is 788. The molecule has 3 N–H and O–H groups in total. The highest BCUT2D eigenvalue weighted by atomic mass is 35.5. The summed E-state index contributed by atoms with van der Waals surface area (Å²) in [5.41, 5.74) is 6.00. The van der Waals surface area contributed by atoms with Gasteiger partial charge in [-0.15, -0.1) is 0 Å². The number of nitrogens with zero attached hydrogens (tertiary/aromatic N) is 1. The van der Waals surface area contributed by atoms with Crippen LogP contribution in [0.1, 0.15) is 19.4 Å². The van der Waals surface area contributed by atoms with E-state index in [0.29, 0.717) is 10.7 Å². The second-order valence-electron chi connectivity index (χ2n) is 5.62. The number of pyridine rings is 1. The van der Waals surface area contributed by atoms with Gasteiger partial charge in [0.05, 0.1) is 5.52 Å². The first-order valence-corrected chi connectivity index (χ1v) is 8.32. The zero-order chi connectivity index (χ0) is 15.8. The van der Waals surface area contributed by atoms with Crippen molar-refractivity contribution in [2.75, 3.05) is 6.54 Å². The lowest BCUT2D eigenvalue weighted by molar-refractivity contribution is 0.463. The molecule has 0 aliphatic rings. The van der Waals surface area contributed by atoms with E-state index in [1.807, 2.05) is 13.0 Å². The van der Waals surface area contributed by atoms with E-state index >= 15 is 0 Å². The van der Waals surface area contributed by atoms with Crippen LogP contribution in [0, 0.1) is 6.92 Å². The van der Waals surface area contributed by atoms with Crippen LogP contribution >= 0.6 is 11.6 Å². The van der Waals surface area contributed by atoms with Crippen LogP contribution < -0.4 is 10.5 Å². The number of nitrogens with two attached hydrogens (primary N) is 1. The molecule has 2 aromatic rings. The third-order valence-corrected chi connectivity index (χ3v) is 5.26. The van der Waals surface area contributed by atoms with Crippen molar-refractivity contribution >= 4 is 32.5 Å².